The number of carbonyl (C=O) groups excluding carboxylic acids is 2. The van der Waals surface area contributed by atoms with Gasteiger partial charge in [-0.3, -0.25) is 0 Å². The quantitative estimate of drug-likeness (QED) is 0.113. The van der Waals surface area contributed by atoms with Crippen molar-refractivity contribution in [1.82, 2.24) is 0 Å². The fraction of sp³-hybridized carbons (Fsp3) is 0. The highest BCUT2D eigenvalue weighted by atomic mass is 16.1. The summed E-state index contributed by atoms with van der Waals surface area (Å²) in [7, 11) is 0. The zero-order valence-corrected chi connectivity index (χ0v) is 27.9. The Morgan fingerprint density at radius 1 is 0.346 bits per heavy atom. The van der Waals surface area contributed by atoms with Gasteiger partial charge in [0.05, 0.1) is 22.7 Å². The lowest BCUT2D eigenvalue weighted by Crippen LogP contribution is -2.10. The predicted molar refractivity (Wildman–Crippen MR) is 212 cm³/mol. The van der Waals surface area contributed by atoms with Gasteiger partial charge in [0.25, 0.3) is 0 Å². The third-order valence-corrected chi connectivity index (χ3v) is 9.16. The Morgan fingerprint density at radius 2 is 0.673 bits per heavy atom. The Morgan fingerprint density at radius 3 is 1.04 bits per heavy atom. The van der Waals surface area contributed by atoms with Crippen LogP contribution in [-0.4, -0.2) is 12.2 Å². The van der Waals surface area contributed by atoms with Crippen LogP contribution in [0.5, 0.6) is 0 Å². The molecule has 0 saturated carbocycles. The predicted octanol–water partition coefficient (Wildman–Crippen LogP) is 12.5. The van der Waals surface area contributed by atoms with E-state index in [4.69, 9.17) is 0 Å². The average Bonchev–Trinajstić information content (AvgIpc) is 3.20. The lowest BCUT2D eigenvalue weighted by atomic mass is 10.0. The van der Waals surface area contributed by atoms with Crippen molar-refractivity contribution in [2.24, 2.45) is 9.98 Å². The molecule has 0 bridgehead atoms. The summed E-state index contributed by atoms with van der Waals surface area (Å²) in [6, 6.07) is 61.6. The molecule has 0 atom stereocenters. The van der Waals surface area contributed by atoms with Gasteiger partial charge in [-0.15, -0.1) is 0 Å². The summed E-state index contributed by atoms with van der Waals surface area (Å²) in [6.45, 7) is 0. The molecule has 0 saturated heterocycles. The van der Waals surface area contributed by atoms with Crippen LogP contribution >= 0.6 is 0 Å². The highest BCUT2D eigenvalue weighted by Gasteiger charge is 2.17. The fourth-order valence-corrected chi connectivity index (χ4v) is 6.72. The van der Waals surface area contributed by atoms with Gasteiger partial charge in [-0.05, 0) is 107 Å². The van der Waals surface area contributed by atoms with Gasteiger partial charge in [0.15, 0.2) is 0 Å². The van der Waals surface area contributed by atoms with Crippen molar-refractivity contribution in [2.75, 3.05) is 9.80 Å². The summed E-state index contributed by atoms with van der Waals surface area (Å²) < 4.78 is 0. The van der Waals surface area contributed by atoms with Gasteiger partial charge in [0.2, 0.25) is 12.2 Å². The molecule has 0 heterocycles. The van der Waals surface area contributed by atoms with Crippen molar-refractivity contribution in [3.63, 3.8) is 0 Å². The van der Waals surface area contributed by atoms with Gasteiger partial charge in [-0.2, -0.15) is 9.98 Å². The second-order valence-corrected chi connectivity index (χ2v) is 12.2. The Balaban J connectivity index is 1.16. The Labute approximate surface area is 300 Å². The SMILES string of the molecule is O=C=Nc1ccc(N(c2ccc(-c3ccc(N(c4ccc(N=C=O)cc4)c4cccc5ccccc45)cc3)cc2)c2cccc3ccccc23)cc1. The van der Waals surface area contributed by atoms with E-state index in [9.17, 15) is 9.59 Å². The van der Waals surface area contributed by atoms with E-state index in [-0.39, 0.29) is 0 Å². The molecule has 0 aromatic heterocycles. The smallest absolute Gasteiger partial charge is 0.240 e. The maximum Gasteiger partial charge on any atom is 0.240 e. The van der Waals surface area contributed by atoms with Crippen molar-refractivity contribution < 1.29 is 9.59 Å². The standard InChI is InChI=1S/C46H30N4O2/c51-31-47-37-19-27-41(28-20-37)49(45-13-5-9-35-7-1-3-11-43(35)45)39-23-15-33(16-24-39)34-17-25-40(26-18-34)50(42-29-21-38(22-30-42)48-32-52)46-14-6-10-36-8-2-4-12-44(36)46/h1-30H. The zero-order chi connectivity index (χ0) is 35.3. The van der Waals surface area contributed by atoms with Gasteiger partial charge in [0, 0.05) is 33.5 Å². The van der Waals surface area contributed by atoms with Gasteiger partial charge >= 0.3 is 0 Å². The minimum Gasteiger partial charge on any atom is -0.310 e. The highest BCUT2D eigenvalue weighted by molar-refractivity contribution is 6.00. The zero-order valence-electron chi connectivity index (χ0n) is 27.9. The molecule has 0 unspecified atom stereocenters. The highest BCUT2D eigenvalue weighted by Crippen LogP contribution is 2.42. The van der Waals surface area contributed by atoms with Crippen LogP contribution in [0.1, 0.15) is 0 Å². The summed E-state index contributed by atoms with van der Waals surface area (Å²) >= 11 is 0. The molecule has 0 N–H and O–H groups in total. The molecule has 0 aliphatic heterocycles. The fourth-order valence-electron chi connectivity index (χ4n) is 6.72. The first-order chi connectivity index (χ1) is 25.7. The molecule has 0 spiro atoms. The number of benzene rings is 8. The maximum atomic E-state index is 10.9. The number of isocyanates is 2. The normalized spacial score (nSPS) is 10.7. The van der Waals surface area contributed by atoms with Crippen molar-refractivity contribution in [2.45, 2.75) is 0 Å². The maximum absolute atomic E-state index is 10.9. The molecule has 8 rings (SSSR count). The molecule has 6 nitrogen and oxygen atoms in total. The van der Waals surface area contributed by atoms with E-state index < -0.39 is 0 Å². The molecule has 8 aromatic rings. The summed E-state index contributed by atoms with van der Waals surface area (Å²) in [5.41, 5.74) is 9.23. The molecule has 6 heteroatoms. The molecular weight excluding hydrogens is 641 g/mol. The van der Waals surface area contributed by atoms with E-state index in [1.807, 2.05) is 60.7 Å². The number of fused-ring (bicyclic) bond motifs is 2. The third-order valence-electron chi connectivity index (χ3n) is 9.16. The number of nitrogens with zero attached hydrogens (tertiary/aromatic N) is 4. The second kappa shape index (κ2) is 14.2. The first-order valence-electron chi connectivity index (χ1n) is 16.8. The molecule has 8 aromatic carbocycles. The largest absolute Gasteiger partial charge is 0.310 e. The van der Waals surface area contributed by atoms with Gasteiger partial charge in [0.1, 0.15) is 0 Å². The van der Waals surface area contributed by atoms with Gasteiger partial charge in [-0.25, -0.2) is 9.59 Å². The summed E-state index contributed by atoms with van der Waals surface area (Å²) in [6.07, 6.45) is 3.25. The van der Waals surface area contributed by atoms with Gasteiger partial charge < -0.3 is 9.80 Å². The van der Waals surface area contributed by atoms with Crippen LogP contribution in [0.25, 0.3) is 32.7 Å². The summed E-state index contributed by atoms with van der Waals surface area (Å²) in [5, 5.41) is 4.54. The summed E-state index contributed by atoms with van der Waals surface area (Å²) in [5.74, 6) is 0. The molecule has 0 aliphatic carbocycles. The molecule has 52 heavy (non-hydrogen) atoms. The van der Waals surface area contributed by atoms with Crippen LogP contribution in [0.15, 0.2) is 192 Å². The molecule has 0 radical (unpaired) electrons. The minimum absolute atomic E-state index is 0.554. The Hall–Kier alpha value is -7.36. The minimum atomic E-state index is 0.554. The van der Waals surface area contributed by atoms with Crippen LogP contribution in [0.2, 0.25) is 0 Å². The Bertz CT molecular complexity index is 2430. The van der Waals surface area contributed by atoms with Crippen LogP contribution in [0.4, 0.5) is 45.5 Å². The van der Waals surface area contributed by atoms with E-state index in [1.54, 1.807) is 12.2 Å². The van der Waals surface area contributed by atoms with Crippen molar-refractivity contribution in [1.29, 1.82) is 0 Å². The Kier molecular flexibility index (Phi) is 8.73. The molecule has 0 aliphatic rings. The number of aliphatic imine (C=N–C) groups is 2. The van der Waals surface area contributed by atoms with Crippen LogP contribution in [0, 0.1) is 0 Å². The second-order valence-electron chi connectivity index (χ2n) is 12.2. The number of hydrogen-bond donors (Lipinski definition) is 0. The van der Waals surface area contributed by atoms with Crippen molar-refractivity contribution in [3.05, 3.63) is 182 Å². The van der Waals surface area contributed by atoms with Crippen molar-refractivity contribution >= 4 is 79.2 Å². The molecular formula is C46H30N4O2. The molecule has 0 amide bonds. The van der Waals surface area contributed by atoms with Crippen LogP contribution in [0.3, 0.4) is 0 Å². The molecule has 246 valence electrons. The average molecular weight is 671 g/mol. The first-order valence-corrected chi connectivity index (χ1v) is 16.8. The topological polar surface area (TPSA) is 65.3 Å². The number of rotatable bonds is 9. The monoisotopic (exact) mass is 670 g/mol. The molecule has 0 fully saturated rings. The van der Waals surface area contributed by atoms with Crippen LogP contribution in [-0.2, 0) is 9.59 Å². The summed E-state index contributed by atoms with van der Waals surface area (Å²) in [4.78, 5) is 33.7. The lowest BCUT2D eigenvalue weighted by molar-refractivity contribution is 0.564. The van der Waals surface area contributed by atoms with E-state index >= 15 is 0 Å². The third kappa shape index (κ3) is 6.26. The number of anilines is 6. The first kappa shape index (κ1) is 31.9. The number of hydrogen-bond acceptors (Lipinski definition) is 6. The van der Waals surface area contributed by atoms with Gasteiger partial charge in [-0.1, -0.05) is 97.1 Å². The van der Waals surface area contributed by atoms with Crippen molar-refractivity contribution in [3.8, 4) is 11.1 Å². The van der Waals surface area contributed by atoms with Crippen LogP contribution < -0.4 is 9.80 Å². The lowest BCUT2D eigenvalue weighted by Gasteiger charge is -2.27. The van der Waals surface area contributed by atoms with E-state index in [1.165, 1.54) is 0 Å². The van der Waals surface area contributed by atoms with E-state index in [0.29, 0.717) is 11.4 Å². The van der Waals surface area contributed by atoms with E-state index in [2.05, 4.69) is 141 Å². The van der Waals surface area contributed by atoms with E-state index in [0.717, 1.165) is 66.8 Å².